The van der Waals surface area contributed by atoms with Crippen LogP contribution in [0.1, 0.15) is 17.9 Å². The molecule has 0 aliphatic carbocycles. The van der Waals surface area contributed by atoms with Gasteiger partial charge in [0.15, 0.2) is 0 Å². The fourth-order valence-electron chi connectivity index (χ4n) is 2.34. The lowest BCUT2D eigenvalue weighted by Crippen LogP contribution is -2.35. The highest BCUT2D eigenvalue weighted by atomic mass is 16.6. The van der Waals surface area contributed by atoms with Gasteiger partial charge in [-0.1, -0.05) is 0 Å². The number of carbonyl (C=O) groups excluding carboxylic acids is 1. The van der Waals surface area contributed by atoms with Crippen molar-refractivity contribution < 1.29 is 9.72 Å². The number of carbonyl (C=O) groups is 1. The quantitative estimate of drug-likeness (QED) is 0.574. The van der Waals surface area contributed by atoms with Crippen LogP contribution in [0.5, 0.6) is 0 Å². The Morgan fingerprint density at radius 1 is 1.32 bits per heavy atom. The second-order valence-corrected chi connectivity index (χ2v) is 5.80. The zero-order valence-electron chi connectivity index (χ0n) is 14.6. The Hall–Kier alpha value is -2.97. The van der Waals surface area contributed by atoms with E-state index in [0.29, 0.717) is 37.4 Å². The highest BCUT2D eigenvalue weighted by Gasteiger charge is 2.15. The molecular formula is C16H22N6O3. The van der Waals surface area contributed by atoms with Crippen molar-refractivity contribution in [2.24, 2.45) is 0 Å². The Morgan fingerprint density at radius 3 is 2.68 bits per heavy atom. The number of rotatable bonds is 8. The average molecular weight is 346 g/mol. The summed E-state index contributed by atoms with van der Waals surface area (Å²) in [7, 11) is 3.60. The van der Waals surface area contributed by atoms with E-state index in [2.05, 4.69) is 15.0 Å². The molecule has 9 nitrogen and oxygen atoms in total. The minimum atomic E-state index is -0.447. The summed E-state index contributed by atoms with van der Waals surface area (Å²) in [6.07, 6.45) is 4.37. The number of likely N-dealkylation sites (N-methyl/N-ethyl adjacent to an activating group) is 2. The molecule has 2 heterocycles. The van der Waals surface area contributed by atoms with Crippen LogP contribution in [0.4, 0.5) is 11.5 Å². The van der Waals surface area contributed by atoms with Crippen LogP contribution in [0, 0.1) is 17.0 Å². The SMILES string of the molecule is Cc1nc(N(C)CCN(C)C(=O)CCc2ncc[nH]2)ccc1[N+](=O)[O-]. The molecule has 0 radical (unpaired) electrons. The molecule has 0 aromatic carbocycles. The van der Waals surface area contributed by atoms with Gasteiger partial charge >= 0.3 is 0 Å². The number of nitrogens with zero attached hydrogens (tertiary/aromatic N) is 5. The number of aryl methyl sites for hydroxylation is 2. The number of hydrogen-bond donors (Lipinski definition) is 1. The summed E-state index contributed by atoms with van der Waals surface area (Å²) >= 11 is 0. The van der Waals surface area contributed by atoms with Crippen molar-refractivity contribution in [3.63, 3.8) is 0 Å². The highest BCUT2D eigenvalue weighted by Crippen LogP contribution is 2.19. The maximum absolute atomic E-state index is 12.1. The molecule has 0 fully saturated rings. The maximum Gasteiger partial charge on any atom is 0.290 e. The smallest absolute Gasteiger partial charge is 0.290 e. The summed E-state index contributed by atoms with van der Waals surface area (Å²) in [5.74, 6) is 1.47. The van der Waals surface area contributed by atoms with Gasteiger partial charge in [0.1, 0.15) is 17.3 Å². The number of aromatic amines is 1. The highest BCUT2D eigenvalue weighted by molar-refractivity contribution is 5.76. The van der Waals surface area contributed by atoms with E-state index in [1.165, 1.54) is 6.07 Å². The molecular weight excluding hydrogens is 324 g/mol. The van der Waals surface area contributed by atoms with E-state index in [1.54, 1.807) is 37.3 Å². The second kappa shape index (κ2) is 8.22. The predicted molar refractivity (Wildman–Crippen MR) is 93.4 cm³/mol. The van der Waals surface area contributed by atoms with Crippen molar-refractivity contribution in [1.82, 2.24) is 19.9 Å². The minimum Gasteiger partial charge on any atom is -0.358 e. The summed E-state index contributed by atoms with van der Waals surface area (Å²) in [6.45, 7) is 2.72. The Kier molecular flexibility index (Phi) is 6.04. The number of nitro groups is 1. The fraction of sp³-hybridized carbons (Fsp3) is 0.438. The van der Waals surface area contributed by atoms with E-state index in [0.717, 1.165) is 5.82 Å². The first kappa shape index (κ1) is 18.4. The Balaban J connectivity index is 1.84. The summed E-state index contributed by atoms with van der Waals surface area (Å²) in [5.41, 5.74) is 0.375. The Morgan fingerprint density at radius 2 is 2.08 bits per heavy atom. The van der Waals surface area contributed by atoms with Gasteiger partial charge in [-0.3, -0.25) is 14.9 Å². The molecule has 0 spiro atoms. The number of nitrogens with one attached hydrogen (secondary N) is 1. The van der Waals surface area contributed by atoms with Gasteiger partial charge in [0.25, 0.3) is 5.69 Å². The number of aromatic nitrogens is 3. The number of imidazole rings is 1. The van der Waals surface area contributed by atoms with Gasteiger partial charge in [-0.2, -0.15) is 0 Å². The molecule has 9 heteroatoms. The summed E-state index contributed by atoms with van der Waals surface area (Å²) in [4.78, 5) is 37.4. The molecule has 0 unspecified atom stereocenters. The molecule has 1 N–H and O–H groups in total. The zero-order valence-corrected chi connectivity index (χ0v) is 14.6. The third kappa shape index (κ3) is 5.00. The van der Waals surface area contributed by atoms with Gasteiger partial charge in [-0.05, 0) is 13.0 Å². The number of H-pyrrole nitrogens is 1. The number of amides is 1. The molecule has 0 saturated heterocycles. The fourth-order valence-corrected chi connectivity index (χ4v) is 2.34. The summed E-state index contributed by atoms with van der Waals surface area (Å²) < 4.78 is 0. The third-order valence-electron chi connectivity index (χ3n) is 3.96. The van der Waals surface area contributed by atoms with Crippen LogP contribution < -0.4 is 4.90 Å². The lowest BCUT2D eigenvalue weighted by molar-refractivity contribution is -0.385. The van der Waals surface area contributed by atoms with Gasteiger partial charge in [0.05, 0.1) is 4.92 Å². The van der Waals surface area contributed by atoms with Crippen molar-refractivity contribution in [1.29, 1.82) is 0 Å². The number of anilines is 1. The topological polar surface area (TPSA) is 108 Å². The molecule has 2 aromatic rings. The van der Waals surface area contributed by atoms with E-state index in [9.17, 15) is 14.9 Å². The molecule has 2 aromatic heterocycles. The molecule has 0 saturated carbocycles. The largest absolute Gasteiger partial charge is 0.358 e. The molecule has 0 atom stereocenters. The minimum absolute atomic E-state index is 0.00220. The molecule has 0 bridgehead atoms. The van der Waals surface area contributed by atoms with Crippen LogP contribution in [0.3, 0.4) is 0 Å². The molecule has 25 heavy (non-hydrogen) atoms. The summed E-state index contributed by atoms with van der Waals surface area (Å²) in [5, 5.41) is 10.8. The van der Waals surface area contributed by atoms with Crippen molar-refractivity contribution in [2.45, 2.75) is 19.8 Å². The molecule has 134 valence electrons. The van der Waals surface area contributed by atoms with Crippen LogP contribution in [0.2, 0.25) is 0 Å². The maximum atomic E-state index is 12.1. The average Bonchev–Trinajstić information content (AvgIpc) is 3.10. The Bertz CT molecular complexity index is 731. The monoisotopic (exact) mass is 346 g/mol. The number of hydrogen-bond acceptors (Lipinski definition) is 6. The van der Waals surface area contributed by atoms with Crippen LogP contribution >= 0.6 is 0 Å². The van der Waals surface area contributed by atoms with E-state index >= 15 is 0 Å². The van der Waals surface area contributed by atoms with E-state index in [4.69, 9.17) is 0 Å². The van der Waals surface area contributed by atoms with Crippen LogP contribution in [0.15, 0.2) is 24.5 Å². The lowest BCUT2D eigenvalue weighted by atomic mass is 10.2. The van der Waals surface area contributed by atoms with E-state index in [-0.39, 0.29) is 11.6 Å². The third-order valence-corrected chi connectivity index (χ3v) is 3.96. The van der Waals surface area contributed by atoms with Crippen molar-refractivity contribution >= 4 is 17.4 Å². The molecule has 1 amide bonds. The van der Waals surface area contributed by atoms with Crippen molar-refractivity contribution in [2.75, 3.05) is 32.1 Å². The molecule has 2 rings (SSSR count). The van der Waals surface area contributed by atoms with Crippen LogP contribution in [-0.4, -0.2) is 57.9 Å². The molecule has 0 aliphatic rings. The van der Waals surface area contributed by atoms with E-state index in [1.807, 2.05) is 11.9 Å². The molecule has 0 aliphatic heterocycles. The second-order valence-electron chi connectivity index (χ2n) is 5.80. The first-order valence-electron chi connectivity index (χ1n) is 7.94. The zero-order chi connectivity index (χ0) is 18.4. The van der Waals surface area contributed by atoms with Crippen molar-refractivity contribution in [3.8, 4) is 0 Å². The predicted octanol–water partition coefficient (Wildman–Crippen LogP) is 1.55. The van der Waals surface area contributed by atoms with Crippen LogP contribution in [-0.2, 0) is 11.2 Å². The van der Waals surface area contributed by atoms with Crippen molar-refractivity contribution in [3.05, 3.63) is 46.2 Å². The van der Waals surface area contributed by atoms with Crippen LogP contribution in [0.25, 0.3) is 0 Å². The first-order chi connectivity index (χ1) is 11.9. The van der Waals surface area contributed by atoms with Gasteiger partial charge in [0, 0.05) is 58.5 Å². The van der Waals surface area contributed by atoms with Gasteiger partial charge in [-0.25, -0.2) is 9.97 Å². The lowest BCUT2D eigenvalue weighted by Gasteiger charge is -2.23. The first-order valence-corrected chi connectivity index (χ1v) is 7.94. The standard InChI is InChI=1S/C16H22N6O3/c1-12-13(22(24)25)4-6-15(19-12)20(2)10-11-21(3)16(23)7-5-14-17-8-9-18-14/h4,6,8-9H,5,7,10-11H2,1-3H3,(H,17,18). The summed E-state index contributed by atoms with van der Waals surface area (Å²) in [6, 6.07) is 3.07. The number of pyridine rings is 1. The normalized spacial score (nSPS) is 10.5. The van der Waals surface area contributed by atoms with Gasteiger partial charge < -0.3 is 14.8 Å². The van der Waals surface area contributed by atoms with Gasteiger partial charge in [-0.15, -0.1) is 0 Å². The Labute approximate surface area is 145 Å². The van der Waals surface area contributed by atoms with Gasteiger partial charge in [0.2, 0.25) is 5.91 Å². The van der Waals surface area contributed by atoms with E-state index < -0.39 is 4.92 Å².